The van der Waals surface area contributed by atoms with Gasteiger partial charge in [0, 0.05) is 38.5 Å². The van der Waals surface area contributed by atoms with Gasteiger partial charge in [0.25, 0.3) is 0 Å². The highest BCUT2D eigenvalue weighted by molar-refractivity contribution is 5.88. The lowest BCUT2D eigenvalue weighted by atomic mass is 9.70. The molecule has 2 aromatic rings. The Hall–Kier alpha value is -4.46. The van der Waals surface area contributed by atoms with Crippen molar-refractivity contribution >= 4 is 35.7 Å². The van der Waals surface area contributed by atoms with Crippen LogP contribution in [0.1, 0.15) is 170 Å². The molecular weight excluding hydrogens is 853 g/mol. The fourth-order valence-corrected chi connectivity index (χ4v) is 8.76. The number of aliphatic hydroxyl groups is 3. The van der Waals surface area contributed by atoms with Gasteiger partial charge in [-0.05, 0) is 93.9 Å². The summed E-state index contributed by atoms with van der Waals surface area (Å²) in [6.07, 6.45) is 14.9. The van der Waals surface area contributed by atoms with Gasteiger partial charge in [-0.15, -0.1) is 0 Å². The van der Waals surface area contributed by atoms with Crippen molar-refractivity contribution in [2.75, 3.05) is 0 Å². The second kappa shape index (κ2) is 25.8. The number of ketones is 2. The highest BCUT2D eigenvalue weighted by Gasteiger charge is 2.43. The van der Waals surface area contributed by atoms with E-state index in [2.05, 4.69) is 42.0 Å². The van der Waals surface area contributed by atoms with Gasteiger partial charge in [0.15, 0.2) is 11.8 Å². The Morgan fingerprint density at radius 1 is 0.657 bits per heavy atom. The maximum absolute atomic E-state index is 13.3. The Labute approximate surface area is 400 Å². The van der Waals surface area contributed by atoms with Gasteiger partial charge in [-0.1, -0.05) is 92.5 Å². The predicted octanol–water partition coefficient (Wildman–Crippen LogP) is 10.5. The molecular formula is C54H82N2O11. The highest BCUT2D eigenvalue weighted by atomic mass is 16.5. The van der Waals surface area contributed by atoms with Crippen molar-refractivity contribution in [3.05, 3.63) is 70.6 Å². The number of esters is 2. The number of allylic oxidation sites excluding steroid dienone is 2. The summed E-state index contributed by atoms with van der Waals surface area (Å²) in [5, 5.41) is 32.4. The predicted molar refractivity (Wildman–Crippen MR) is 260 cm³/mol. The molecule has 0 fully saturated rings. The summed E-state index contributed by atoms with van der Waals surface area (Å²) in [4.78, 5) is 60.6. The van der Waals surface area contributed by atoms with E-state index >= 15 is 0 Å². The number of Topliss-reactive ketones (excluding diaryl/α,β-unsaturated/α-hetero) is 2. The first-order valence-electron chi connectivity index (χ1n) is 24.3. The van der Waals surface area contributed by atoms with Crippen LogP contribution in [0.2, 0.25) is 0 Å². The average molecular weight is 935 g/mol. The first-order valence-corrected chi connectivity index (χ1v) is 24.3. The molecule has 0 spiro atoms. The molecule has 0 aliphatic carbocycles. The number of carbonyl (C=O) groups excluding carboxylic acids is 4. The molecule has 374 valence electrons. The zero-order chi connectivity index (χ0) is 50.4. The first kappa shape index (κ1) is 56.9. The number of nitrogens with zero attached hydrogens (tertiary/aromatic N) is 2. The van der Waals surface area contributed by atoms with E-state index in [1.807, 2.05) is 46.8 Å². The van der Waals surface area contributed by atoms with E-state index in [9.17, 15) is 34.5 Å². The van der Waals surface area contributed by atoms with E-state index in [1.165, 1.54) is 5.57 Å². The van der Waals surface area contributed by atoms with Gasteiger partial charge in [-0.2, -0.15) is 0 Å². The number of ether oxygens (including phenoxy) is 2. The Kier molecular flexibility index (Phi) is 21.9. The van der Waals surface area contributed by atoms with Crippen LogP contribution in [0.4, 0.5) is 0 Å². The summed E-state index contributed by atoms with van der Waals surface area (Å²) >= 11 is 0. The average Bonchev–Trinajstić information content (AvgIpc) is 3.88. The normalized spacial score (nSPS) is 31.9. The van der Waals surface area contributed by atoms with Crippen molar-refractivity contribution in [3.63, 3.8) is 0 Å². The molecule has 2 aromatic heterocycles. The molecule has 4 heterocycles. The molecule has 0 unspecified atom stereocenters. The summed E-state index contributed by atoms with van der Waals surface area (Å²) in [6.45, 7) is 25.9. The second-order valence-corrected chi connectivity index (χ2v) is 20.6. The molecule has 10 atom stereocenters. The zero-order valence-corrected chi connectivity index (χ0v) is 42.9. The van der Waals surface area contributed by atoms with E-state index in [0.29, 0.717) is 41.9 Å². The lowest BCUT2D eigenvalue weighted by Gasteiger charge is -2.35. The molecule has 0 saturated heterocycles. The summed E-state index contributed by atoms with van der Waals surface area (Å²) in [5.74, 6) is -0.567. The fraction of sp³-hybridized carbons (Fsp3) is 0.667. The van der Waals surface area contributed by atoms with Crippen LogP contribution in [-0.4, -0.2) is 79.3 Å². The Bertz CT molecular complexity index is 2070. The Morgan fingerprint density at radius 3 is 1.60 bits per heavy atom. The molecule has 2 aliphatic heterocycles. The number of oxazole rings is 2. The monoisotopic (exact) mass is 935 g/mol. The molecule has 67 heavy (non-hydrogen) atoms. The van der Waals surface area contributed by atoms with Crippen molar-refractivity contribution < 1.29 is 52.8 Å². The van der Waals surface area contributed by atoms with Crippen molar-refractivity contribution in [1.29, 1.82) is 0 Å². The molecule has 0 bridgehead atoms. The van der Waals surface area contributed by atoms with Gasteiger partial charge in [0.2, 0.25) is 0 Å². The van der Waals surface area contributed by atoms with E-state index in [4.69, 9.17) is 18.3 Å². The van der Waals surface area contributed by atoms with Crippen LogP contribution in [0.25, 0.3) is 12.2 Å². The summed E-state index contributed by atoms with van der Waals surface area (Å²) < 4.78 is 22.1. The van der Waals surface area contributed by atoms with Crippen molar-refractivity contribution in [1.82, 2.24) is 9.97 Å². The van der Waals surface area contributed by atoms with E-state index in [-0.39, 0.29) is 42.2 Å². The van der Waals surface area contributed by atoms with Crippen molar-refractivity contribution in [3.8, 4) is 0 Å². The number of cyclic esters (lactones) is 2. The van der Waals surface area contributed by atoms with Gasteiger partial charge in [0.1, 0.15) is 47.7 Å². The first-order chi connectivity index (χ1) is 31.3. The molecule has 0 aromatic carbocycles. The van der Waals surface area contributed by atoms with Crippen LogP contribution in [0.5, 0.6) is 0 Å². The second-order valence-electron chi connectivity index (χ2n) is 20.6. The minimum Gasteiger partial charge on any atom is -0.457 e. The van der Waals surface area contributed by atoms with E-state index in [0.717, 1.165) is 49.7 Å². The lowest BCUT2D eigenvalue weighted by molar-refractivity contribution is -0.155. The zero-order valence-electron chi connectivity index (χ0n) is 42.9. The molecule has 4 rings (SSSR count). The number of carbonyl (C=O) groups is 4. The fourth-order valence-electron chi connectivity index (χ4n) is 8.76. The molecule has 2 aliphatic rings. The molecule has 13 nitrogen and oxygen atoms in total. The maximum atomic E-state index is 13.3. The SMILES string of the molecule is C/C(=C\c1coc(C)n1)[C@@H]1C/C=C\CCC[C@H](C)[C@H](C)[C@@H](C)C(=O)C(C)(C)[C@@H](O)CC(=O)O1.C/C1=C/C[C@@H](/C(C)=C/c2coc(C)n2)OC(=O)C[C@H](O)C(C)(C)C(=O)[C@H](C)[C@@H](O)[C@@H](C)CCC1. The number of aryl methyl sites for hydroxylation is 2. The van der Waals surface area contributed by atoms with E-state index < -0.39 is 59.2 Å². The van der Waals surface area contributed by atoms with Crippen molar-refractivity contribution in [2.45, 2.75) is 192 Å². The van der Waals surface area contributed by atoms with Gasteiger partial charge in [0.05, 0.1) is 42.0 Å². The van der Waals surface area contributed by atoms with Crippen LogP contribution in [0.15, 0.2) is 56.3 Å². The Morgan fingerprint density at radius 2 is 1.12 bits per heavy atom. The largest absolute Gasteiger partial charge is 0.457 e. The molecule has 3 N–H and O–H groups in total. The maximum Gasteiger partial charge on any atom is 0.309 e. The topological polar surface area (TPSA) is 199 Å². The number of rotatable bonds is 4. The minimum atomic E-state index is -1.23. The van der Waals surface area contributed by atoms with Gasteiger partial charge in [-0.3, -0.25) is 19.2 Å². The molecule has 0 radical (unpaired) electrons. The third-order valence-electron chi connectivity index (χ3n) is 14.3. The number of hydrogen-bond donors (Lipinski definition) is 3. The lowest BCUT2D eigenvalue weighted by Crippen LogP contribution is -2.45. The third-order valence-corrected chi connectivity index (χ3v) is 14.3. The summed E-state index contributed by atoms with van der Waals surface area (Å²) in [7, 11) is 0. The van der Waals surface area contributed by atoms with Crippen LogP contribution in [0, 0.1) is 54.3 Å². The molecule has 13 heteroatoms. The van der Waals surface area contributed by atoms with Crippen LogP contribution >= 0.6 is 0 Å². The van der Waals surface area contributed by atoms with Gasteiger partial charge >= 0.3 is 11.9 Å². The number of hydrogen-bond acceptors (Lipinski definition) is 13. The summed E-state index contributed by atoms with van der Waals surface area (Å²) in [5.41, 5.74) is 1.89. The van der Waals surface area contributed by atoms with Crippen LogP contribution in [-0.2, 0) is 28.7 Å². The van der Waals surface area contributed by atoms with Gasteiger partial charge in [-0.25, -0.2) is 9.97 Å². The number of aliphatic hydroxyl groups excluding tert-OH is 3. The standard InChI is InChI=1S/C27H41NO6.C27H41NO5/c1-16-9-8-10-17(2)25(31)19(4)26(32)27(6,7)23(29)14-24(30)34-22(12-11-16)18(3)13-21-15-33-20(5)28-21;1-17-12-10-8-9-11-13-23(18(2)14-22-16-32-21(5)28-22)33-25(30)15-24(29)27(6,7)26(31)20(4)19(17)3/h11,13,15,17,19,22-23,25,29,31H,8-10,12,14H2,1-7H3;9,11,14,16-17,19-20,23-24,29H,8,10,12-13,15H2,1-7H3/b16-11-,18-13+;11-9-,18-14+/t17-,19+,22-,23-,25-;17-,19-,20+,23-,24-/m00/s1. The minimum absolute atomic E-state index is 0.0110. The van der Waals surface area contributed by atoms with Crippen LogP contribution < -0.4 is 0 Å². The van der Waals surface area contributed by atoms with Crippen LogP contribution in [0.3, 0.4) is 0 Å². The molecule has 0 amide bonds. The smallest absolute Gasteiger partial charge is 0.309 e. The quantitative estimate of drug-likeness (QED) is 0.193. The number of aromatic nitrogens is 2. The third kappa shape index (κ3) is 16.9. The Balaban J connectivity index is 0.000000355. The summed E-state index contributed by atoms with van der Waals surface area (Å²) in [6, 6.07) is 0. The molecule has 0 saturated carbocycles. The van der Waals surface area contributed by atoms with Crippen molar-refractivity contribution in [2.24, 2.45) is 40.4 Å². The van der Waals surface area contributed by atoms with Gasteiger partial charge < -0.3 is 33.6 Å². The highest BCUT2D eigenvalue weighted by Crippen LogP contribution is 2.36. The van der Waals surface area contributed by atoms with E-state index in [1.54, 1.807) is 61.0 Å².